The molecule has 1 aromatic rings. The van der Waals surface area contributed by atoms with Gasteiger partial charge in [-0.2, -0.15) is 5.26 Å². The van der Waals surface area contributed by atoms with Crippen molar-refractivity contribution >= 4 is 35.2 Å². The first-order valence-corrected chi connectivity index (χ1v) is 13.8. The van der Waals surface area contributed by atoms with E-state index in [1.807, 2.05) is 7.05 Å². The van der Waals surface area contributed by atoms with Crippen LogP contribution >= 0.6 is 24.0 Å². The highest BCUT2D eigenvalue weighted by atomic mass is 32.2. The number of hydrogen-bond donors (Lipinski definition) is 1. The molecule has 0 amide bonds. The zero-order chi connectivity index (χ0) is 25.9. The molecule has 1 aliphatic carbocycles. The zero-order valence-corrected chi connectivity index (χ0v) is 22.6. The molecule has 0 radical (unpaired) electrons. The Morgan fingerprint density at radius 2 is 2.00 bits per heavy atom. The highest BCUT2D eigenvalue weighted by molar-refractivity contribution is 8.04. The standard InChI is InChI=1S/C28H30FN5OS2/c1-3-23-27(32(2)28-31-26(25(17-30)37-28)19-7-9-20(29)10-8-19)22-6-4-5-21(11-12-24(22)35-23)34-15-13-33(18-36)14-16-34/h4-12,18,22,24,28,31H,3,13-16H2,1-2H3. The van der Waals surface area contributed by atoms with Crippen LogP contribution in [0.5, 0.6) is 0 Å². The van der Waals surface area contributed by atoms with Gasteiger partial charge in [-0.3, -0.25) is 0 Å². The van der Waals surface area contributed by atoms with Crippen LogP contribution in [0.25, 0.3) is 5.70 Å². The molecule has 0 spiro atoms. The second kappa shape index (κ2) is 11.0. The number of thioether (sulfide) groups is 1. The second-order valence-corrected chi connectivity index (χ2v) is 10.6. The summed E-state index contributed by atoms with van der Waals surface area (Å²) in [5, 5.41) is 13.3. The Kier molecular flexibility index (Phi) is 7.58. The molecule has 1 saturated heterocycles. The fourth-order valence-corrected chi connectivity index (χ4v) is 6.35. The largest absolute Gasteiger partial charge is 0.488 e. The number of hydrogen-bond acceptors (Lipinski definition) is 7. The molecule has 9 heteroatoms. The molecule has 1 N–H and O–H groups in total. The predicted molar refractivity (Wildman–Crippen MR) is 150 cm³/mol. The Labute approximate surface area is 227 Å². The maximum atomic E-state index is 13.5. The lowest BCUT2D eigenvalue weighted by Crippen LogP contribution is -2.44. The normalized spacial score (nSPS) is 25.1. The van der Waals surface area contributed by atoms with Crippen molar-refractivity contribution in [2.75, 3.05) is 33.2 Å². The molecule has 0 bridgehead atoms. The van der Waals surface area contributed by atoms with Crippen molar-refractivity contribution in [3.8, 4) is 6.07 Å². The first kappa shape index (κ1) is 25.4. The maximum absolute atomic E-state index is 13.5. The van der Waals surface area contributed by atoms with E-state index in [1.165, 1.54) is 29.6 Å². The molecule has 3 heterocycles. The summed E-state index contributed by atoms with van der Waals surface area (Å²) < 4.78 is 19.9. The lowest BCUT2D eigenvalue weighted by Gasteiger charge is -2.36. The minimum absolute atomic E-state index is 0.0588. The van der Waals surface area contributed by atoms with Crippen LogP contribution in [0.2, 0.25) is 0 Å². The highest BCUT2D eigenvalue weighted by Gasteiger charge is 2.39. The number of thiocarbonyl (C=S) groups is 1. The number of nitrogens with one attached hydrogen (secondary N) is 1. The summed E-state index contributed by atoms with van der Waals surface area (Å²) in [5.74, 6) is 0.720. The molecular formula is C28H30FN5OS2. The van der Waals surface area contributed by atoms with E-state index in [0.29, 0.717) is 4.91 Å². The van der Waals surface area contributed by atoms with Gasteiger partial charge in [0.2, 0.25) is 0 Å². The van der Waals surface area contributed by atoms with Crippen molar-refractivity contribution < 1.29 is 9.13 Å². The van der Waals surface area contributed by atoms with E-state index in [4.69, 9.17) is 17.0 Å². The number of nitrogens with zero attached hydrogens (tertiary/aromatic N) is 4. The van der Waals surface area contributed by atoms with Gasteiger partial charge in [0.05, 0.1) is 22.8 Å². The molecule has 3 aliphatic heterocycles. The number of rotatable bonds is 6. The Balaban J connectivity index is 1.34. The zero-order valence-electron chi connectivity index (χ0n) is 20.9. The van der Waals surface area contributed by atoms with Gasteiger partial charge in [0, 0.05) is 45.3 Å². The molecule has 3 atom stereocenters. The van der Waals surface area contributed by atoms with Gasteiger partial charge in [-0.1, -0.05) is 43.1 Å². The number of piperazine rings is 1. The average molecular weight is 536 g/mol. The van der Waals surface area contributed by atoms with Crippen LogP contribution in [0.1, 0.15) is 18.9 Å². The van der Waals surface area contributed by atoms with Gasteiger partial charge in [0.1, 0.15) is 28.7 Å². The molecule has 1 aromatic carbocycles. The summed E-state index contributed by atoms with van der Waals surface area (Å²) in [7, 11) is 2.04. The van der Waals surface area contributed by atoms with Crippen LogP contribution in [-0.4, -0.2) is 65.0 Å². The Morgan fingerprint density at radius 1 is 1.24 bits per heavy atom. The summed E-state index contributed by atoms with van der Waals surface area (Å²) in [5.41, 5.74) is 5.39. The van der Waals surface area contributed by atoms with Gasteiger partial charge in [-0.05, 0) is 48.1 Å². The van der Waals surface area contributed by atoms with Gasteiger partial charge in [0.25, 0.3) is 0 Å². The number of benzene rings is 1. The summed E-state index contributed by atoms with van der Waals surface area (Å²) in [6, 6.07) is 8.54. The fraction of sp³-hybridized carbons (Fsp3) is 0.357. The SMILES string of the molecule is CCC1=C(N(C)C2NC(c3ccc(F)cc3)=C(C#N)S2)C2C=CC=C(N3CCN(C=S)CC3)C=CC2O1. The fourth-order valence-electron chi connectivity index (χ4n) is 5.12. The maximum Gasteiger partial charge on any atom is 0.153 e. The summed E-state index contributed by atoms with van der Waals surface area (Å²) >= 11 is 6.55. The second-order valence-electron chi connectivity index (χ2n) is 9.28. The van der Waals surface area contributed by atoms with Crippen LogP contribution in [0.3, 0.4) is 0 Å². The predicted octanol–water partition coefficient (Wildman–Crippen LogP) is 4.79. The van der Waals surface area contributed by atoms with Crippen molar-refractivity contribution in [3.05, 3.63) is 88.1 Å². The Bertz CT molecular complexity index is 1240. The van der Waals surface area contributed by atoms with E-state index >= 15 is 0 Å². The summed E-state index contributed by atoms with van der Waals surface area (Å²) in [6.45, 7) is 5.85. The molecule has 37 heavy (non-hydrogen) atoms. The van der Waals surface area contributed by atoms with E-state index in [1.54, 1.807) is 17.6 Å². The van der Waals surface area contributed by atoms with Crippen LogP contribution in [-0.2, 0) is 4.74 Å². The van der Waals surface area contributed by atoms with Crippen LogP contribution in [0.4, 0.5) is 4.39 Å². The molecule has 0 saturated carbocycles. The number of fused-ring (bicyclic) bond motifs is 1. The van der Waals surface area contributed by atoms with Crippen LogP contribution in [0.15, 0.2) is 76.7 Å². The third kappa shape index (κ3) is 5.13. The van der Waals surface area contributed by atoms with E-state index in [0.717, 1.165) is 55.3 Å². The number of ether oxygens (including phenoxy) is 1. The quantitative estimate of drug-likeness (QED) is 0.522. The van der Waals surface area contributed by atoms with Crippen LogP contribution < -0.4 is 5.32 Å². The highest BCUT2D eigenvalue weighted by Crippen LogP contribution is 2.43. The molecular weight excluding hydrogens is 505 g/mol. The number of nitriles is 1. The van der Waals surface area contributed by atoms with E-state index < -0.39 is 0 Å². The summed E-state index contributed by atoms with van der Waals surface area (Å²) in [4.78, 5) is 7.33. The van der Waals surface area contributed by atoms with E-state index in [-0.39, 0.29) is 23.3 Å². The monoisotopic (exact) mass is 535 g/mol. The van der Waals surface area contributed by atoms with Gasteiger partial charge in [0.15, 0.2) is 5.50 Å². The molecule has 192 valence electrons. The molecule has 4 aliphatic rings. The topological polar surface area (TPSA) is 54.8 Å². The average Bonchev–Trinajstić information content (AvgIpc) is 3.50. The van der Waals surface area contributed by atoms with Crippen molar-refractivity contribution in [1.82, 2.24) is 20.0 Å². The van der Waals surface area contributed by atoms with Gasteiger partial charge in [-0.25, -0.2) is 4.39 Å². The van der Waals surface area contributed by atoms with Gasteiger partial charge < -0.3 is 24.8 Å². The Hall–Kier alpha value is -3.22. The molecule has 5 rings (SSSR count). The van der Waals surface area contributed by atoms with Gasteiger partial charge >= 0.3 is 0 Å². The van der Waals surface area contributed by atoms with Crippen LogP contribution in [0, 0.1) is 23.1 Å². The minimum atomic E-state index is -0.299. The smallest absolute Gasteiger partial charge is 0.153 e. The van der Waals surface area contributed by atoms with E-state index in [2.05, 4.69) is 63.4 Å². The summed E-state index contributed by atoms with van der Waals surface area (Å²) in [6.07, 6.45) is 11.5. The Morgan fingerprint density at radius 3 is 2.68 bits per heavy atom. The van der Waals surface area contributed by atoms with Gasteiger partial charge in [-0.15, -0.1) is 0 Å². The third-order valence-corrected chi connectivity index (χ3v) is 8.60. The number of allylic oxidation sites excluding steroid dienone is 5. The first-order chi connectivity index (χ1) is 18.0. The van der Waals surface area contributed by atoms with E-state index in [9.17, 15) is 9.65 Å². The lowest BCUT2D eigenvalue weighted by molar-refractivity contribution is 0.159. The van der Waals surface area contributed by atoms with Crippen molar-refractivity contribution in [2.45, 2.75) is 24.9 Å². The number of halogens is 1. The minimum Gasteiger partial charge on any atom is -0.488 e. The van der Waals surface area contributed by atoms with Crippen molar-refractivity contribution in [2.24, 2.45) is 5.92 Å². The third-order valence-electron chi connectivity index (χ3n) is 7.12. The molecule has 1 fully saturated rings. The first-order valence-electron chi connectivity index (χ1n) is 12.5. The van der Waals surface area contributed by atoms with Crippen molar-refractivity contribution in [1.29, 1.82) is 5.26 Å². The molecule has 6 nitrogen and oxygen atoms in total. The molecule has 0 aromatic heterocycles. The van der Waals surface area contributed by atoms with Crippen molar-refractivity contribution in [3.63, 3.8) is 0 Å². The molecule has 3 unspecified atom stereocenters. The lowest BCUT2D eigenvalue weighted by atomic mass is 9.96.